The van der Waals surface area contributed by atoms with E-state index in [1.165, 1.54) is 9.21 Å². The number of hydrogen-bond donors (Lipinski definition) is 1. The molecule has 242 valence electrons. The number of aryl methyl sites for hydroxylation is 4. The Balaban J connectivity index is 1.82. The Labute approximate surface area is 274 Å². The quantitative estimate of drug-likeness (QED) is 0.180. The monoisotopic (exact) mass is 639 g/mol. The highest BCUT2D eigenvalue weighted by Crippen LogP contribution is 2.27. The predicted molar refractivity (Wildman–Crippen MR) is 185 cm³/mol. The molecule has 0 spiro atoms. The van der Waals surface area contributed by atoms with Crippen LogP contribution in [0.15, 0.2) is 102 Å². The fourth-order valence-electron chi connectivity index (χ4n) is 5.33. The molecule has 0 aliphatic heterocycles. The molecule has 1 atom stereocenters. The van der Waals surface area contributed by atoms with Crippen molar-refractivity contribution in [2.75, 3.05) is 17.4 Å². The summed E-state index contributed by atoms with van der Waals surface area (Å²) in [5, 5.41) is 3.03. The number of anilines is 1. The Bertz CT molecular complexity index is 1720. The Morgan fingerprint density at radius 1 is 0.717 bits per heavy atom. The molecule has 4 rings (SSSR count). The third kappa shape index (κ3) is 9.07. The summed E-state index contributed by atoms with van der Waals surface area (Å²) in [6.07, 6.45) is 0.274. The first-order valence-electron chi connectivity index (χ1n) is 15.7. The van der Waals surface area contributed by atoms with Gasteiger partial charge in [-0.05, 0) is 80.1 Å². The molecule has 0 bridgehead atoms. The number of hydrogen-bond acceptors (Lipinski definition) is 4. The van der Waals surface area contributed by atoms with Crippen molar-refractivity contribution in [3.63, 3.8) is 0 Å². The number of carbonyl (C=O) groups is 2. The van der Waals surface area contributed by atoms with Crippen LogP contribution in [0, 0.1) is 33.6 Å². The third-order valence-corrected chi connectivity index (χ3v) is 9.60. The van der Waals surface area contributed by atoms with Crippen LogP contribution in [-0.2, 0) is 32.6 Å². The van der Waals surface area contributed by atoms with Gasteiger partial charge in [0.25, 0.3) is 10.0 Å². The van der Waals surface area contributed by atoms with Gasteiger partial charge in [-0.3, -0.25) is 13.9 Å². The topological polar surface area (TPSA) is 86.8 Å². The third-order valence-electron chi connectivity index (χ3n) is 7.81. The van der Waals surface area contributed by atoms with Gasteiger partial charge in [0.2, 0.25) is 11.8 Å². The summed E-state index contributed by atoms with van der Waals surface area (Å²) in [6.45, 7) is 11.8. The van der Waals surface area contributed by atoms with Gasteiger partial charge in [-0.25, -0.2) is 8.42 Å². The molecule has 4 aromatic rings. The second kappa shape index (κ2) is 15.2. The number of amides is 2. The van der Waals surface area contributed by atoms with E-state index in [0.717, 1.165) is 33.4 Å². The van der Waals surface area contributed by atoms with Gasteiger partial charge in [-0.15, -0.1) is 0 Å². The summed E-state index contributed by atoms with van der Waals surface area (Å²) in [4.78, 5) is 30.1. The second-order valence-electron chi connectivity index (χ2n) is 12.5. The van der Waals surface area contributed by atoms with E-state index in [1.807, 2.05) is 102 Å². The second-order valence-corrected chi connectivity index (χ2v) is 14.4. The zero-order chi connectivity index (χ0) is 33.4. The van der Waals surface area contributed by atoms with E-state index >= 15 is 0 Å². The molecular weight excluding hydrogens is 595 g/mol. The molecule has 0 unspecified atom stereocenters. The van der Waals surface area contributed by atoms with Crippen LogP contribution < -0.4 is 9.62 Å². The van der Waals surface area contributed by atoms with Crippen LogP contribution in [0.25, 0.3) is 0 Å². The molecule has 0 fully saturated rings. The molecule has 0 aromatic heterocycles. The number of carbonyl (C=O) groups excluding carboxylic acids is 2. The first-order valence-corrected chi connectivity index (χ1v) is 17.1. The van der Waals surface area contributed by atoms with E-state index in [1.54, 1.807) is 36.4 Å². The van der Waals surface area contributed by atoms with Gasteiger partial charge in [-0.2, -0.15) is 0 Å². The van der Waals surface area contributed by atoms with Crippen LogP contribution in [0.3, 0.4) is 0 Å². The van der Waals surface area contributed by atoms with Gasteiger partial charge in [0, 0.05) is 19.5 Å². The van der Waals surface area contributed by atoms with Crippen LogP contribution in [0.5, 0.6) is 0 Å². The molecule has 0 radical (unpaired) electrons. The van der Waals surface area contributed by atoms with Gasteiger partial charge in [0.05, 0.1) is 10.6 Å². The first-order chi connectivity index (χ1) is 21.8. The molecule has 8 heteroatoms. The van der Waals surface area contributed by atoms with Crippen molar-refractivity contribution >= 4 is 27.5 Å². The zero-order valence-electron chi connectivity index (χ0n) is 27.7. The van der Waals surface area contributed by atoms with Crippen molar-refractivity contribution in [1.82, 2.24) is 10.2 Å². The lowest BCUT2D eigenvalue weighted by atomic mass is 10.0. The Kier molecular flexibility index (Phi) is 11.4. The lowest BCUT2D eigenvalue weighted by molar-refractivity contribution is -0.140. The van der Waals surface area contributed by atoms with Crippen molar-refractivity contribution in [1.29, 1.82) is 0 Å². The number of nitrogens with zero attached hydrogens (tertiary/aromatic N) is 2. The van der Waals surface area contributed by atoms with Gasteiger partial charge in [0.15, 0.2) is 0 Å². The minimum atomic E-state index is -4.15. The van der Waals surface area contributed by atoms with E-state index in [9.17, 15) is 18.0 Å². The van der Waals surface area contributed by atoms with E-state index in [0.29, 0.717) is 12.2 Å². The van der Waals surface area contributed by atoms with Gasteiger partial charge in [-0.1, -0.05) is 97.8 Å². The maximum atomic E-state index is 14.6. The average Bonchev–Trinajstić information content (AvgIpc) is 3.01. The first kappa shape index (κ1) is 34.4. The average molecular weight is 640 g/mol. The lowest BCUT2D eigenvalue weighted by Crippen LogP contribution is -2.53. The summed E-state index contributed by atoms with van der Waals surface area (Å²) in [5.41, 5.74) is 5.87. The Morgan fingerprint density at radius 2 is 1.28 bits per heavy atom. The molecule has 0 saturated carbocycles. The standard InChI is InChI=1S/C38H45N3O4S/c1-27(2)24-39-38(43)36(23-32-10-8-7-9-11-32)40(25-33-16-12-28(3)13-17-33)37(42)26-41(34-21-30(5)20-31(6)22-34)46(44,45)35-18-14-29(4)15-19-35/h7-22,27,36H,23-26H2,1-6H3,(H,39,43)/t36-/m1/s1. The SMILES string of the molecule is Cc1ccc(CN(C(=O)CN(c2cc(C)cc(C)c2)S(=O)(=O)c2ccc(C)cc2)[C@H](Cc2ccccc2)C(=O)NCC(C)C)cc1. The number of benzene rings is 4. The van der Waals surface area contributed by atoms with Crippen LogP contribution in [0.4, 0.5) is 5.69 Å². The van der Waals surface area contributed by atoms with Crippen LogP contribution in [-0.4, -0.2) is 44.3 Å². The molecule has 0 heterocycles. The molecule has 0 saturated heterocycles. The molecule has 1 N–H and O–H groups in total. The van der Waals surface area contributed by atoms with Crippen molar-refractivity contribution in [3.05, 3.63) is 130 Å². The Hall–Kier alpha value is -4.43. The van der Waals surface area contributed by atoms with Crippen molar-refractivity contribution < 1.29 is 18.0 Å². The van der Waals surface area contributed by atoms with Crippen molar-refractivity contribution in [3.8, 4) is 0 Å². The fourth-order valence-corrected chi connectivity index (χ4v) is 6.73. The lowest BCUT2D eigenvalue weighted by Gasteiger charge is -2.34. The summed E-state index contributed by atoms with van der Waals surface area (Å²) in [7, 11) is -4.15. The zero-order valence-corrected chi connectivity index (χ0v) is 28.5. The van der Waals surface area contributed by atoms with E-state index in [2.05, 4.69) is 5.32 Å². The van der Waals surface area contributed by atoms with Gasteiger partial charge >= 0.3 is 0 Å². The molecule has 46 heavy (non-hydrogen) atoms. The van der Waals surface area contributed by atoms with Gasteiger partial charge < -0.3 is 10.2 Å². The largest absolute Gasteiger partial charge is 0.354 e. The molecule has 4 aromatic carbocycles. The minimum absolute atomic E-state index is 0.0886. The van der Waals surface area contributed by atoms with E-state index < -0.39 is 28.5 Å². The van der Waals surface area contributed by atoms with Crippen molar-refractivity contribution in [2.24, 2.45) is 5.92 Å². The maximum absolute atomic E-state index is 14.6. The smallest absolute Gasteiger partial charge is 0.264 e. The highest BCUT2D eigenvalue weighted by atomic mass is 32.2. The highest BCUT2D eigenvalue weighted by molar-refractivity contribution is 7.92. The Morgan fingerprint density at radius 3 is 1.85 bits per heavy atom. The molecule has 7 nitrogen and oxygen atoms in total. The summed E-state index contributed by atoms with van der Waals surface area (Å²) in [5.74, 6) is -0.546. The van der Waals surface area contributed by atoms with Gasteiger partial charge in [0.1, 0.15) is 12.6 Å². The predicted octanol–water partition coefficient (Wildman–Crippen LogP) is 6.53. The summed E-state index contributed by atoms with van der Waals surface area (Å²) < 4.78 is 29.7. The fraction of sp³-hybridized carbons (Fsp3) is 0.316. The number of sulfonamides is 1. The van der Waals surface area contributed by atoms with Crippen LogP contribution in [0.1, 0.15) is 47.2 Å². The molecule has 2 amide bonds. The minimum Gasteiger partial charge on any atom is -0.354 e. The van der Waals surface area contributed by atoms with E-state index in [4.69, 9.17) is 0 Å². The van der Waals surface area contributed by atoms with Crippen molar-refractivity contribution in [2.45, 2.75) is 65.4 Å². The van der Waals surface area contributed by atoms with Crippen LogP contribution >= 0.6 is 0 Å². The number of nitrogens with one attached hydrogen (secondary N) is 1. The molecule has 0 aliphatic rings. The number of rotatable bonds is 13. The maximum Gasteiger partial charge on any atom is 0.264 e. The normalized spacial score (nSPS) is 12.1. The molecular formula is C38H45N3O4S. The van der Waals surface area contributed by atoms with E-state index in [-0.39, 0.29) is 29.7 Å². The summed E-state index contributed by atoms with van der Waals surface area (Å²) in [6, 6.07) is 28.6. The summed E-state index contributed by atoms with van der Waals surface area (Å²) >= 11 is 0. The van der Waals surface area contributed by atoms with Crippen LogP contribution in [0.2, 0.25) is 0 Å². The molecule has 0 aliphatic carbocycles. The highest BCUT2D eigenvalue weighted by Gasteiger charge is 2.34.